The molecule has 2 N–H and O–H groups in total. The summed E-state index contributed by atoms with van der Waals surface area (Å²) >= 11 is 0. The first-order valence-electron chi connectivity index (χ1n) is 7.82. The van der Waals surface area contributed by atoms with E-state index in [1.807, 2.05) is 13.8 Å². The van der Waals surface area contributed by atoms with Gasteiger partial charge in [-0.2, -0.15) is 4.31 Å². The van der Waals surface area contributed by atoms with Crippen molar-refractivity contribution in [3.63, 3.8) is 0 Å². The van der Waals surface area contributed by atoms with E-state index in [9.17, 15) is 16.8 Å². The lowest BCUT2D eigenvalue weighted by Gasteiger charge is -2.36. The number of aromatic nitrogens is 2. The van der Waals surface area contributed by atoms with E-state index in [-0.39, 0.29) is 24.0 Å². The molecule has 0 atom stereocenters. The first-order chi connectivity index (χ1) is 11.7. The van der Waals surface area contributed by atoms with E-state index in [0.29, 0.717) is 11.5 Å². The fourth-order valence-electron chi connectivity index (χ4n) is 2.43. The minimum absolute atomic E-state index is 0.0110. The van der Waals surface area contributed by atoms with Gasteiger partial charge in [-0.1, -0.05) is 32.0 Å². The predicted octanol–water partition coefficient (Wildman–Crippen LogP) is 1.35. The number of aromatic amines is 1. The summed E-state index contributed by atoms with van der Waals surface area (Å²) in [4.78, 5) is 6.84. The van der Waals surface area contributed by atoms with Gasteiger partial charge in [0.25, 0.3) is 10.0 Å². The van der Waals surface area contributed by atoms with Gasteiger partial charge < -0.3 is 4.98 Å². The van der Waals surface area contributed by atoms with Gasteiger partial charge in [-0.3, -0.25) is 4.72 Å². The Hall–Kier alpha value is -1.91. The molecular formula is C15H20N4O4S2. The number of rotatable bonds is 6. The molecule has 1 aliphatic rings. The molecule has 1 fully saturated rings. The van der Waals surface area contributed by atoms with E-state index < -0.39 is 25.3 Å². The number of H-pyrrole nitrogens is 1. The van der Waals surface area contributed by atoms with E-state index in [1.54, 1.807) is 30.3 Å². The molecule has 0 amide bonds. The van der Waals surface area contributed by atoms with E-state index in [2.05, 4.69) is 14.7 Å². The van der Waals surface area contributed by atoms with Crippen molar-refractivity contribution in [2.24, 2.45) is 0 Å². The Morgan fingerprint density at radius 3 is 2.36 bits per heavy atom. The van der Waals surface area contributed by atoms with Crippen molar-refractivity contribution in [3.05, 3.63) is 42.4 Å². The summed E-state index contributed by atoms with van der Waals surface area (Å²) < 4.78 is 53.3. The molecule has 1 saturated heterocycles. The van der Waals surface area contributed by atoms with Crippen LogP contribution in [0.4, 0.5) is 5.69 Å². The average molecular weight is 384 g/mol. The zero-order valence-corrected chi connectivity index (χ0v) is 15.5. The smallest absolute Gasteiger partial charge is 0.260 e. The maximum Gasteiger partial charge on any atom is 0.260 e. The maximum absolute atomic E-state index is 12.5. The van der Waals surface area contributed by atoms with E-state index >= 15 is 0 Å². The second kappa shape index (κ2) is 6.43. The third kappa shape index (κ3) is 3.55. The number of anilines is 1. The van der Waals surface area contributed by atoms with Crippen LogP contribution in [0.15, 0.2) is 41.6 Å². The Balaban J connectivity index is 1.68. The molecule has 2 aromatic rings. The SMILES string of the molecule is CC(C)c1ncc(S(=O)(=O)N2CC(S(=O)(=O)Nc3ccccc3)C2)[nH]1. The summed E-state index contributed by atoms with van der Waals surface area (Å²) in [5.41, 5.74) is 0.457. The highest BCUT2D eigenvalue weighted by molar-refractivity contribution is 7.93. The highest BCUT2D eigenvalue weighted by Crippen LogP contribution is 2.26. The lowest BCUT2D eigenvalue weighted by molar-refractivity contribution is 0.309. The molecule has 3 rings (SSSR count). The van der Waals surface area contributed by atoms with E-state index in [1.165, 1.54) is 6.20 Å². The third-order valence-corrected chi connectivity index (χ3v) is 7.46. The van der Waals surface area contributed by atoms with Crippen molar-refractivity contribution in [3.8, 4) is 0 Å². The summed E-state index contributed by atoms with van der Waals surface area (Å²) in [7, 11) is -7.40. The highest BCUT2D eigenvalue weighted by Gasteiger charge is 2.44. The van der Waals surface area contributed by atoms with Crippen LogP contribution < -0.4 is 4.72 Å². The first kappa shape index (κ1) is 17.9. The molecule has 0 aliphatic carbocycles. The summed E-state index contributed by atoms with van der Waals surface area (Å²) in [6.45, 7) is 3.63. The van der Waals surface area contributed by atoms with Gasteiger partial charge in [0.2, 0.25) is 10.0 Å². The van der Waals surface area contributed by atoms with Gasteiger partial charge >= 0.3 is 0 Å². The lowest BCUT2D eigenvalue weighted by Crippen LogP contribution is -2.57. The molecule has 1 aromatic carbocycles. The van der Waals surface area contributed by atoms with Crippen molar-refractivity contribution >= 4 is 25.7 Å². The second-order valence-corrected chi connectivity index (χ2v) is 10.1. The predicted molar refractivity (Wildman–Crippen MR) is 94.2 cm³/mol. The molecular weight excluding hydrogens is 364 g/mol. The Kier molecular flexibility index (Phi) is 4.60. The van der Waals surface area contributed by atoms with Gasteiger partial charge in [-0.05, 0) is 12.1 Å². The van der Waals surface area contributed by atoms with Gasteiger partial charge in [0.15, 0.2) is 5.03 Å². The largest absolute Gasteiger partial charge is 0.332 e. The minimum atomic E-state index is -3.76. The van der Waals surface area contributed by atoms with Crippen LogP contribution in [-0.4, -0.2) is 49.4 Å². The Bertz CT molecular complexity index is 946. The zero-order chi connectivity index (χ0) is 18.2. The monoisotopic (exact) mass is 384 g/mol. The molecule has 136 valence electrons. The van der Waals surface area contributed by atoms with Crippen LogP contribution in [0, 0.1) is 0 Å². The Morgan fingerprint density at radius 1 is 1.16 bits per heavy atom. The number of hydrogen-bond donors (Lipinski definition) is 2. The van der Waals surface area contributed by atoms with Crippen molar-refractivity contribution in [1.82, 2.24) is 14.3 Å². The van der Waals surface area contributed by atoms with Crippen LogP contribution in [0.25, 0.3) is 0 Å². The van der Waals surface area contributed by atoms with Crippen LogP contribution in [0.3, 0.4) is 0 Å². The third-order valence-electron chi connectivity index (χ3n) is 4.02. The molecule has 0 unspecified atom stereocenters. The summed E-state index contributed by atoms with van der Waals surface area (Å²) in [5, 5.41) is -0.793. The molecule has 0 saturated carbocycles. The number of para-hydroxylation sites is 1. The average Bonchev–Trinajstić information content (AvgIpc) is 2.96. The second-order valence-electron chi connectivity index (χ2n) is 6.24. The van der Waals surface area contributed by atoms with E-state index in [4.69, 9.17) is 0 Å². The molecule has 8 nitrogen and oxygen atoms in total. The topological polar surface area (TPSA) is 112 Å². The van der Waals surface area contributed by atoms with Gasteiger partial charge in [0.05, 0.1) is 6.20 Å². The van der Waals surface area contributed by atoms with Crippen LogP contribution in [0.5, 0.6) is 0 Å². The quantitative estimate of drug-likeness (QED) is 0.781. The van der Waals surface area contributed by atoms with Gasteiger partial charge in [0, 0.05) is 24.7 Å². The summed E-state index contributed by atoms with van der Waals surface area (Å²) in [5.74, 6) is 0.651. The molecule has 0 radical (unpaired) electrons. The fraction of sp³-hybridized carbons (Fsp3) is 0.400. The fourth-order valence-corrected chi connectivity index (χ4v) is 5.45. The molecule has 1 aromatic heterocycles. The van der Waals surface area contributed by atoms with Crippen molar-refractivity contribution in [2.75, 3.05) is 17.8 Å². The van der Waals surface area contributed by atoms with Crippen LogP contribution in [-0.2, 0) is 20.0 Å². The maximum atomic E-state index is 12.5. The van der Waals surface area contributed by atoms with Gasteiger partial charge in [-0.15, -0.1) is 0 Å². The van der Waals surface area contributed by atoms with E-state index in [0.717, 1.165) is 4.31 Å². The molecule has 0 spiro atoms. The number of nitrogens with one attached hydrogen (secondary N) is 2. The molecule has 2 heterocycles. The molecule has 0 bridgehead atoms. The molecule has 25 heavy (non-hydrogen) atoms. The number of benzene rings is 1. The number of sulfonamides is 2. The van der Waals surface area contributed by atoms with Crippen molar-refractivity contribution < 1.29 is 16.8 Å². The van der Waals surface area contributed by atoms with Crippen molar-refractivity contribution in [2.45, 2.75) is 30.0 Å². The highest BCUT2D eigenvalue weighted by atomic mass is 32.2. The minimum Gasteiger partial charge on any atom is -0.332 e. The Labute approximate surface area is 147 Å². The number of nitrogens with zero attached hydrogens (tertiary/aromatic N) is 2. The number of imidazole rings is 1. The first-order valence-corrected chi connectivity index (χ1v) is 10.8. The van der Waals surface area contributed by atoms with Crippen molar-refractivity contribution in [1.29, 1.82) is 0 Å². The standard InChI is InChI=1S/C15H20N4O4S2/c1-11(2)15-16-8-14(17-15)25(22,23)19-9-13(10-19)24(20,21)18-12-6-4-3-5-7-12/h3-8,11,13,18H,9-10H2,1-2H3,(H,16,17). The lowest BCUT2D eigenvalue weighted by atomic mass is 10.2. The van der Waals surface area contributed by atoms with Gasteiger partial charge in [0.1, 0.15) is 11.1 Å². The number of hydrogen-bond acceptors (Lipinski definition) is 5. The van der Waals surface area contributed by atoms with Crippen LogP contribution >= 0.6 is 0 Å². The van der Waals surface area contributed by atoms with Crippen LogP contribution in [0.2, 0.25) is 0 Å². The van der Waals surface area contributed by atoms with Gasteiger partial charge in [-0.25, -0.2) is 21.8 Å². The summed E-state index contributed by atoms with van der Waals surface area (Å²) in [6.07, 6.45) is 1.27. The summed E-state index contributed by atoms with van der Waals surface area (Å²) in [6, 6.07) is 8.51. The zero-order valence-electron chi connectivity index (χ0n) is 13.9. The Morgan fingerprint density at radius 2 is 1.80 bits per heavy atom. The normalized spacial score (nSPS) is 16.8. The van der Waals surface area contributed by atoms with Crippen LogP contribution in [0.1, 0.15) is 25.6 Å². The molecule has 1 aliphatic heterocycles. The molecule has 10 heteroatoms.